The van der Waals surface area contributed by atoms with Crippen LogP contribution in [0.4, 0.5) is 0 Å². The van der Waals surface area contributed by atoms with Gasteiger partial charge in [-0.05, 0) is 48.0 Å². The van der Waals surface area contributed by atoms with E-state index < -0.39 is 0 Å². The summed E-state index contributed by atoms with van der Waals surface area (Å²) in [5.41, 5.74) is 0.925. The minimum absolute atomic E-state index is 0.0742. The monoisotopic (exact) mass is 246 g/mol. The number of epoxide rings is 1. The predicted molar refractivity (Wildman–Crippen MR) is 72.7 cm³/mol. The predicted octanol–water partition coefficient (Wildman–Crippen LogP) is 1.57. The maximum Gasteiger partial charge on any atom is 0.149 e. The third-order valence-electron chi connectivity index (χ3n) is 2.29. The van der Waals surface area contributed by atoms with E-state index in [1.165, 1.54) is 6.08 Å². The first-order valence-electron chi connectivity index (χ1n) is 5.74. The van der Waals surface area contributed by atoms with Crippen molar-refractivity contribution in [2.45, 2.75) is 12.2 Å². The van der Waals surface area contributed by atoms with Crippen LogP contribution in [0.2, 0.25) is 0 Å². The van der Waals surface area contributed by atoms with E-state index in [1.54, 1.807) is 6.08 Å². The minimum Gasteiger partial charge on any atom is -0.351 e. The summed E-state index contributed by atoms with van der Waals surface area (Å²) >= 11 is 0. The van der Waals surface area contributed by atoms with Crippen LogP contribution in [0.5, 0.6) is 0 Å². The highest BCUT2D eigenvalue weighted by Gasteiger charge is 2.34. The van der Waals surface area contributed by atoms with Gasteiger partial charge in [0, 0.05) is 5.56 Å². The van der Waals surface area contributed by atoms with E-state index in [0.717, 1.165) is 5.56 Å². The molecule has 0 saturated carbocycles. The largest absolute Gasteiger partial charge is 0.351 e. The zero-order chi connectivity index (χ0) is 13.3. The number of benzene rings is 1. The van der Waals surface area contributed by atoms with Crippen molar-refractivity contribution in [3.8, 4) is 35.5 Å². The molecule has 0 spiro atoms. The summed E-state index contributed by atoms with van der Waals surface area (Å²) in [6, 6.07) is 9.63. The van der Waals surface area contributed by atoms with Crippen molar-refractivity contribution in [3.05, 3.63) is 48.0 Å². The number of allylic oxidation sites excluding steroid dienone is 1. The highest BCUT2D eigenvalue weighted by molar-refractivity contribution is 5.65. The van der Waals surface area contributed by atoms with Crippen molar-refractivity contribution >= 4 is 6.29 Å². The maximum atomic E-state index is 10.1. The molecule has 2 rings (SSSR count). The molecule has 90 valence electrons. The van der Waals surface area contributed by atoms with Gasteiger partial charge >= 0.3 is 0 Å². The Morgan fingerprint density at radius 1 is 1.05 bits per heavy atom. The Kier molecular flexibility index (Phi) is 4.60. The van der Waals surface area contributed by atoms with Gasteiger partial charge in [0.15, 0.2) is 0 Å². The number of aldehydes is 1. The SMILES string of the molecule is O=CC=C[C@@H]1O[C@H]1C#CC#CC#Cc1ccccc1. The Morgan fingerprint density at radius 2 is 1.84 bits per heavy atom. The lowest BCUT2D eigenvalue weighted by molar-refractivity contribution is -0.104. The van der Waals surface area contributed by atoms with Gasteiger partial charge in [-0.3, -0.25) is 4.79 Å². The van der Waals surface area contributed by atoms with Crippen LogP contribution in [0.1, 0.15) is 5.56 Å². The summed E-state index contributed by atoms with van der Waals surface area (Å²) in [5.74, 6) is 16.5. The van der Waals surface area contributed by atoms with Crippen LogP contribution in [0.3, 0.4) is 0 Å². The third-order valence-corrected chi connectivity index (χ3v) is 2.29. The first kappa shape index (κ1) is 12.7. The van der Waals surface area contributed by atoms with E-state index in [0.29, 0.717) is 6.29 Å². The van der Waals surface area contributed by atoms with Crippen LogP contribution >= 0.6 is 0 Å². The molecular weight excluding hydrogens is 236 g/mol. The van der Waals surface area contributed by atoms with Gasteiger partial charge < -0.3 is 4.74 Å². The standard InChI is InChI=1S/C17H10O2/c18-14-8-13-17-16(19-17)12-7-2-1-4-9-15-10-5-3-6-11-15/h3,5-6,8,10-11,13-14,16-17H/t16-,17-/m0/s1. The van der Waals surface area contributed by atoms with Crippen molar-refractivity contribution in [1.82, 2.24) is 0 Å². The van der Waals surface area contributed by atoms with Gasteiger partial charge in [0.05, 0.1) is 0 Å². The van der Waals surface area contributed by atoms with Crippen LogP contribution in [0.25, 0.3) is 0 Å². The summed E-state index contributed by atoms with van der Waals surface area (Å²) in [6.07, 6.45) is 3.58. The second kappa shape index (κ2) is 6.87. The molecule has 1 heterocycles. The number of ether oxygens (including phenoxy) is 1. The van der Waals surface area contributed by atoms with Gasteiger partial charge in [-0.2, -0.15) is 0 Å². The van der Waals surface area contributed by atoms with E-state index in [4.69, 9.17) is 4.74 Å². The molecule has 0 N–H and O–H groups in total. The molecule has 19 heavy (non-hydrogen) atoms. The van der Waals surface area contributed by atoms with Crippen molar-refractivity contribution in [2.24, 2.45) is 0 Å². The molecule has 0 unspecified atom stereocenters. The smallest absolute Gasteiger partial charge is 0.149 e. The van der Waals surface area contributed by atoms with Gasteiger partial charge in [0.1, 0.15) is 18.5 Å². The molecule has 0 amide bonds. The van der Waals surface area contributed by atoms with Gasteiger partial charge in [0.2, 0.25) is 0 Å². The fourth-order valence-electron chi connectivity index (χ4n) is 1.34. The molecule has 1 aliphatic heterocycles. The molecule has 1 aromatic rings. The summed E-state index contributed by atoms with van der Waals surface area (Å²) in [5, 5.41) is 0. The van der Waals surface area contributed by atoms with E-state index in [2.05, 4.69) is 35.5 Å². The average Bonchev–Trinajstić information content (AvgIpc) is 3.20. The van der Waals surface area contributed by atoms with Crippen LogP contribution in [-0.4, -0.2) is 18.5 Å². The Bertz CT molecular complexity index is 652. The summed E-state index contributed by atoms with van der Waals surface area (Å²) in [6.45, 7) is 0. The highest BCUT2D eigenvalue weighted by atomic mass is 16.6. The molecule has 2 heteroatoms. The van der Waals surface area contributed by atoms with Crippen molar-refractivity contribution in [3.63, 3.8) is 0 Å². The topological polar surface area (TPSA) is 29.6 Å². The Morgan fingerprint density at radius 3 is 2.63 bits per heavy atom. The molecule has 0 aromatic heterocycles. The second-order valence-corrected chi connectivity index (χ2v) is 3.68. The lowest BCUT2D eigenvalue weighted by Crippen LogP contribution is -1.84. The highest BCUT2D eigenvalue weighted by Crippen LogP contribution is 2.21. The lowest BCUT2D eigenvalue weighted by atomic mass is 10.2. The first-order valence-corrected chi connectivity index (χ1v) is 5.74. The molecule has 2 atom stereocenters. The number of hydrogen-bond donors (Lipinski definition) is 0. The van der Waals surface area contributed by atoms with Crippen LogP contribution in [-0.2, 0) is 9.53 Å². The van der Waals surface area contributed by atoms with E-state index in [1.807, 2.05) is 30.3 Å². The lowest BCUT2D eigenvalue weighted by Gasteiger charge is -1.83. The molecule has 1 fully saturated rings. The molecule has 0 bridgehead atoms. The summed E-state index contributed by atoms with van der Waals surface area (Å²) in [4.78, 5) is 10.1. The normalized spacial score (nSPS) is 19.2. The fourth-order valence-corrected chi connectivity index (χ4v) is 1.34. The van der Waals surface area contributed by atoms with Gasteiger partial charge in [-0.25, -0.2) is 0 Å². The maximum absolute atomic E-state index is 10.1. The molecular formula is C17H10O2. The van der Waals surface area contributed by atoms with E-state index >= 15 is 0 Å². The van der Waals surface area contributed by atoms with Crippen molar-refractivity contribution < 1.29 is 9.53 Å². The summed E-state index contributed by atoms with van der Waals surface area (Å²) < 4.78 is 5.17. The number of hydrogen-bond acceptors (Lipinski definition) is 2. The Labute approximate surface area is 112 Å². The van der Waals surface area contributed by atoms with Crippen LogP contribution < -0.4 is 0 Å². The zero-order valence-corrected chi connectivity index (χ0v) is 10.1. The average molecular weight is 246 g/mol. The first-order chi connectivity index (χ1) is 9.40. The van der Waals surface area contributed by atoms with Crippen LogP contribution in [0.15, 0.2) is 42.5 Å². The van der Waals surface area contributed by atoms with Gasteiger partial charge in [0.25, 0.3) is 0 Å². The minimum atomic E-state index is -0.146. The molecule has 1 aliphatic rings. The molecule has 0 radical (unpaired) electrons. The van der Waals surface area contributed by atoms with Gasteiger partial charge in [-0.15, -0.1) is 0 Å². The molecule has 1 aromatic carbocycles. The number of carbonyl (C=O) groups is 1. The van der Waals surface area contributed by atoms with E-state index in [-0.39, 0.29) is 12.2 Å². The number of rotatable bonds is 2. The Balaban J connectivity index is 1.82. The van der Waals surface area contributed by atoms with Crippen molar-refractivity contribution in [1.29, 1.82) is 0 Å². The van der Waals surface area contributed by atoms with Crippen LogP contribution in [0, 0.1) is 35.5 Å². The summed E-state index contributed by atoms with van der Waals surface area (Å²) in [7, 11) is 0. The quantitative estimate of drug-likeness (QED) is 0.343. The number of carbonyl (C=O) groups excluding carboxylic acids is 1. The van der Waals surface area contributed by atoms with Gasteiger partial charge in [-0.1, -0.05) is 30.0 Å². The molecule has 1 saturated heterocycles. The fraction of sp³-hybridized carbons (Fsp3) is 0.118. The molecule has 2 nitrogen and oxygen atoms in total. The molecule has 0 aliphatic carbocycles. The third kappa shape index (κ3) is 4.57. The van der Waals surface area contributed by atoms with Crippen molar-refractivity contribution in [2.75, 3.05) is 0 Å². The zero-order valence-electron chi connectivity index (χ0n) is 10.1. The second-order valence-electron chi connectivity index (χ2n) is 3.68. The van der Waals surface area contributed by atoms with E-state index in [9.17, 15) is 4.79 Å². The Hall–Kier alpha value is -2.73.